The van der Waals surface area contributed by atoms with Crippen molar-refractivity contribution in [1.29, 1.82) is 0 Å². The molecule has 88 valence electrons. The number of hydrogen-bond donors (Lipinski definition) is 1. The maximum atomic E-state index is 13.2. The van der Waals surface area contributed by atoms with Gasteiger partial charge in [0.25, 0.3) is 0 Å². The first-order valence-electron chi connectivity index (χ1n) is 5.23. The molecule has 0 aliphatic carbocycles. The highest BCUT2D eigenvalue weighted by Crippen LogP contribution is 2.23. The number of ether oxygens (including phenoxy) is 1. The van der Waals surface area contributed by atoms with Gasteiger partial charge < -0.3 is 9.84 Å². The van der Waals surface area contributed by atoms with Gasteiger partial charge in [0, 0.05) is 5.56 Å². The molecule has 3 nitrogen and oxygen atoms in total. The van der Waals surface area contributed by atoms with Crippen molar-refractivity contribution in [3.63, 3.8) is 0 Å². The van der Waals surface area contributed by atoms with E-state index in [4.69, 9.17) is 4.74 Å². The van der Waals surface area contributed by atoms with Gasteiger partial charge in [-0.05, 0) is 25.5 Å². The van der Waals surface area contributed by atoms with Crippen LogP contribution in [-0.4, -0.2) is 17.7 Å². The molecule has 4 heteroatoms. The maximum Gasteiger partial charge on any atom is 0.342 e. The lowest BCUT2D eigenvalue weighted by Crippen LogP contribution is -2.09. The number of carbonyl (C=O) groups is 1. The molecule has 0 bridgehead atoms. The van der Waals surface area contributed by atoms with E-state index in [-0.39, 0.29) is 23.5 Å². The number of carbonyl (C=O) groups excluding carboxylic acids is 1. The molecule has 0 aliphatic heterocycles. The van der Waals surface area contributed by atoms with Crippen LogP contribution in [0.15, 0.2) is 12.1 Å². The standard InChI is InChI=1S/C12H15FO3/c1-3-4-7-16-12(15)11-8(2)9(13)5-6-10(11)14/h5-6,14H,3-4,7H2,1-2H3. The van der Waals surface area contributed by atoms with Gasteiger partial charge in [-0.15, -0.1) is 0 Å². The minimum Gasteiger partial charge on any atom is -0.507 e. The van der Waals surface area contributed by atoms with E-state index in [0.717, 1.165) is 25.0 Å². The van der Waals surface area contributed by atoms with Crippen LogP contribution < -0.4 is 0 Å². The van der Waals surface area contributed by atoms with E-state index in [9.17, 15) is 14.3 Å². The Bertz CT molecular complexity index is 388. The zero-order valence-corrected chi connectivity index (χ0v) is 9.42. The first-order chi connectivity index (χ1) is 7.57. The summed E-state index contributed by atoms with van der Waals surface area (Å²) in [6, 6.07) is 2.27. The van der Waals surface area contributed by atoms with Crippen LogP contribution in [0.3, 0.4) is 0 Å². The Hall–Kier alpha value is -1.58. The second kappa shape index (κ2) is 5.49. The Labute approximate surface area is 93.9 Å². The molecule has 1 aromatic carbocycles. The molecule has 0 amide bonds. The van der Waals surface area contributed by atoms with Gasteiger partial charge in [-0.25, -0.2) is 9.18 Å². The second-order valence-corrected chi connectivity index (χ2v) is 3.56. The molecular formula is C12H15FO3. The molecule has 16 heavy (non-hydrogen) atoms. The Morgan fingerprint density at radius 2 is 2.19 bits per heavy atom. The van der Waals surface area contributed by atoms with Crippen LogP contribution in [0.2, 0.25) is 0 Å². The molecule has 0 atom stereocenters. The highest BCUT2D eigenvalue weighted by molar-refractivity contribution is 5.94. The summed E-state index contributed by atoms with van der Waals surface area (Å²) in [6.45, 7) is 3.69. The predicted octanol–water partition coefficient (Wildman–Crippen LogP) is 2.80. The van der Waals surface area contributed by atoms with Gasteiger partial charge in [0.2, 0.25) is 0 Å². The Balaban J connectivity index is 2.86. The van der Waals surface area contributed by atoms with E-state index in [1.165, 1.54) is 6.92 Å². The van der Waals surface area contributed by atoms with Crippen molar-refractivity contribution < 1.29 is 19.0 Å². The highest BCUT2D eigenvalue weighted by Gasteiger charge is 2.18. The third-order valence-electron chi connectivity index (χ3n) is 2.31. The van der Waals surface area contributed by atoms with Crippen molar-refractivity contribution in [2.75, 3.05) is 6.61 Å². The van der Waals surface area contributed by atoms with E-state index in [1.807, 2.05) is 6.92 Å². The number of rotatable bonds is 4. The molecule has 0 aromatic heterocycles. The van der Waals surface area contributed by atoms with E-state index < -0.39 is 11.8 Å². The van der Waals surface area contributed by atoms with Crippen LogP contribution in [-0.2, 0) is 4.74 Å². The third-order valence-corrected chi connectivity index (χ3v) is 2.31. The van der Waals surface area contributed by atoms with Gasteiger partial charge in [0.1, 0.15) is 17.1 Å². The van der Waals surface area contributed by atoms with Gasteiger partial charge in [0.05, 0.1) is 6.61 Å². The fraction of sp³-hybridized carbons (Fsp3) is 0.417. The number of hydrogen-bond acceptors (Lipinski definition) is 3. The third kappa shape index (κ3) is 2.72. The predicted molar refractivity (Wildman–Crippen MR) is 58.0 cm³/mol. The van der Waals surface area contributed by atoms with Gasteiger partial charge in [-0.2, -0.15) is 0 Å². The molecule has 1 N–H and O–H groups in total. The largest absolute Gasteiger partial charge is 0.507 e. The van der Waals surface area contributed by atoms with Crippen molar-refractivity contribution in [2.24, 2.45) is 0 Å². The summed E-state index contributed by atoms with van der Waals surface area (Å²) in [5, 5.41) is 9.48. The van der Waals surface area contributed by atoms with Crippen molar-refractivity contribution in [2.45, 2.75) is 26.7 Å². The smallest absolute Gasteiger partial charge is 0.342 e. The monoisotopic (exact) mass is 226 g/mol. The number of esters is 1. The van der Waals surface area contributed by atoms with Crippen molar-refractivity contribution in [3.05, 3.63) is 29.1 Å². The quantitative estimate of drug-likeness (QED) is 0.634. The number of phenolic OH excluding ortho intramolecular Hbond substituents is 1. The van der Waals surface area contributed by atoms with Gasteiger partial charge in [-0.3, -0.25) is 0 Å². The van der Waals surface area contributed by atoms with Crippen LogP contribution >= 0.6 is 0 Å². The van der Waals surface area contributed by atoms with Crippen LogP contribution in [0.5, 0.6) is 5.75 Å². The summed E-state index contributed by atoms with van der Waals surface area (Å²) in [5.74, 6) is -1.46. The molecule has 0 unspecified atom stereocenters. The summed E-state index contributed by atoms with van der Waals surface area (Å²) in [6.07, 6.45) is 1.66. The molecule has 0 heterocycles. The fourth-order valence-corrected chi connectivity index (χ4v) is 1.31. The minimum atomic E-state index is -0.678. The first kappa shape index (κ1) is 12.5. The summed E-state index contributed by atoms with van der Waals surface area (Å²) in [5.41, 5.74) is 0.0256. The summed E-state index contributed by atoms with van der Waals surface area (Å²) >= 11 is 0. The molecule has 0 aliphatic rings. The molecule has 0 fully saturated rings. The van der Waals surface area contributed by atoms with Crippen LogP contribution in [0.1, 0.15) is 35.7 Å². The second-order valence-electron chi connectivity index (χ2n) is 3.56. The normalized spacial score (nSPS) is 10.2. The lowest BCUT2D eigenvalue weighted by atomic mass is 10.1. The van der Waals surface area contributed by atoms with Gasteiger partial charge in [0.15, 0.2) is 0 Å². The lowest BCUT2D eigenvalue weighted by molar-refractivity contribution is 0.0495. The average Bonchev–Trinajstić information content (AvgIpc) is 2.24. The Morgan fingerprint density at radius 3 is 2.81 bits per heavy atom. The van der Waals surface area contributed by atoms with Crippen LogP contribution in [0, 0.1) is 12.7 Å². The Morgan fingerprint density at radius 1 is 1.50 bits per heavy atom. The number of aromatic hydroxyl groups is 1. The SMILES string of the molecule is CCCCOC(=O)c1c(O)ccc(F)c1C. The number of phenols is 1. The van der Waals surface area contributed by atoms with Crippen molar-refractivity contribution in [1.82, 2.24) is 0 Å². The zero-order valence-electron chi connectivity index (χ0n) is 9.42. The summed E-state index contributed by atoms with van der Waals surface area (Å²) in [4.78, 5) is 11.6. The highest BCUT2D eigenvalue weighted by atomic mass is 19.1. The number of unbranched alkanes of at least 4 members (excludes halogenated alkanes) is 1. The van der Waals surface area contributed by atoms with E-state index in [1.54, 1.807) is 0 Å². The topological polar surface area (TPSA) is 46.5 Å². The first-order valence-corrected chi connectivity index (χ1v) is 5.23. The zero-order chi connectivity index (χ0) is 12.1. The molecule has 0 radical (unpaired) electrons. The Kier molecular flexibility index (Phi) is 4.28. The molecular weight excluding hydrogens is 211 g/mol. The minimum absolute atomic E-state index is 0.0869. The van der Waals surface area contributed by atoms with E-state index in [0.29, 0.717) is 0 Å². The van der Waals surface area contributed by atoms with Crippen LogP contribution in [0.25, 0.3) is 0 Å². The number of benzene rings is 1. The van der Waals surface area contributed by atoms with E-state index >= 15 is 0 Å². The molecule has 1 aromatic rings. The number of halogens is 1. The lowest BCUT2D eigenvalue weighted by Gasteiger charge is -2.08. The van der Waals surface area contributed by atoms with Crippen LogP contribution in [0.4, 0.5) is 4.39 Å². The molecule has 0 spiro atoms. The van der Waals surface area contributed by atoms with Crippen molar-refractivity contribution in [3.8, 4) is 5.75 Å². The fourth-order valence-electron chi connectivity index (χ4n) is 1.31. The average molecular weight is 226 g/mol. The van der Waals surface area contributed by atoms with Crippen molar-refractivity contribution >= 4 is 5.97 Å². The molecule has 0 saturated carbocycles. The van der Waals surface area contributed by atoms with E-state index in [2.05, 4.69) is 0 Å². The summed E-state index contributed by atoms with van der Waals surface area (Å²) < 4.78 is 18.1. The molecule has 1 rings (SSSR count). The van der Waals surface area contributed by atoms with Gasteiger partial charge in [-0.1, -0.05) is 13.3 Å². The van der Waals surface area contributed by atoms with Gasteiger partial charge >= 0.3 is 5.97 Å². The summed E-state index contributed by atoms with van der Waals surface area (Å²) in [7, 11) is 0. The molecule has 0 saturated heterocycles. The maximum absolute atomic E-state index is 13.2.